The Hall–Kier alpha value is -1.42. The van der Waals surface area contributed by atoms with Gasteiger partial charge in [0.25, 0.3) is 0 Å². The number of esters is 1. The van der Waals surface area contributed by atoms with Crippen molar-refractivity contribution in [1.29, 1.82) is 0 Å². The van der Waals surface area contributed by atoms with Gasteiger partial charge in [-0.15, -0.1) is 0 Å². The molecule has 34 heavy (non-hydrogen) atoms. The number of unbranched alkanes of at least 4 members (excludes halogenated alkanes) is 1. The van der Waals surface area contributed by atoms with Crippen LogP contribution < -0.4 is 0 Å². The van der Waals surface area contributed by atoms with Gasteiger partial charge < -0.3 is 19.3 Å². The van der Waals surface area contributed by atoms with Gasteiger partial charge in [0.2, 0.25) is 0 Å². The molecule has 1 aliphatic carbocycles. The van der Waals surface area contributed by atoms with Crippen LogP contribution in [0.5, 0.6) is 0 Å². The maximum absolute atomic E-state index is 12.3. The van der Waals surface area contributed by atoms with Gasteiger partial charge in [-0.05, 0) is 38.6 Å². The van der Waals surface area contributed by atoms with Gasteiger partial charge in [-0.25, -0.2) is 4.79 Å². The van der Waals surface area contributed by atoms with Gasteiger partial charge >= 0.3 is 12.1 Å². The average molecular weight is 480 g/mol. The normalized spacial score (nSPS) is 28.9. The largest absolute Gasteiger partial charge is 0.468 e. The molecule has 3 aliphatic heterocycles. The van der Waals surface area contributed by atoms with E-state index in [1.54, 1.807) is 4.90 Å². The molecule has 0 N–H and O–H groups in total. The van der Waals surface area contributed by atoms with E-state index in [-0.39, 0.29) is 24.3 Å². The van der Waals surface area contributed by atoms with E-state index in [2.05, 4.69) is 19.6 Å². The number of ether oxygens (including phenoxy) is 2. The van der Waals surface area contributed by atoms with Crippen LogP contribution >= 0.6 is 0 Å². The van der Waals surface area contributed by atoms with E-state index in [9.17, 15) is 9.59 Å². The Morgan fingerprint density at radius 1 is 0.912 bits per heavy atom. The zero-order chi connectivity index (χ0) is 23.9. The van der Waals surface area contributed by atoms with E-state index >= 15 is 0 Å². The molecule has 0 aromatic carbocycles. The molecule has 194 valence electrons. The van der Waals surface area contributed by atoms with Crippen molar-refractivity contribution in [2.45, 2.75) is 69.7 Å². The standard InChI is InChI=1S/C25H45N5O4/c1-26-22(24(34-25(26)32)30-18-14-28(15-19-30)20-23(31)33-2)10-6-7-11-27-12-16-29(17-13-27)21-8-4-3-5-9-21/h21-22,24H,3-20H2,1-2H3. The minimum atomic E-state index is -0.217. The number of piperazine rings is 2. The van der Waals surface area contributed by atoms with Crippen LogP contribution in [0.2, 0.25) is 0 Å². The molecule has 0 aromatic heterocycles. The van der Waals surface area contributed by atoms with Crippen molar-refractivity contribution in [3.8, 4) is 0 Å². The Morgan fingerprint density at radius 2 is 1.56 bits per heavy atom. The molecule has 2 unspecified atom stereocenters. The number of nitrogens with zero attached hydrogens (tertiary/aromatic N) is 5. The summed E-state index contributed by atoms with van der Waals surface area (Å²) >= 11 is 0. The Bertz CT molecular complexity index is 658. The van der Waals surface area contributed by atoms with Gasteiger partial charge in [-0.1, -0.05) is 19.3 Å². The predicted molar refractivity (Wildman–Crippen MR) is 131 cm³/mol. The van der Waals surface area contributed by atoms with Crippen molar-refractivity contribution < 1.29 is 19.1 Å². The summed E-state index contributed by atoms with van der Waals surface area (Å²) in [5.41, 5.74) is 0. The summed E-state index contributed by atoms with van der Waals surface area (Å²) in [6, 6.07) is 0.938. The fourth-order valence-corrected chi connectivity index (χ4v) is 6.16. The van der Waals surface area contributed by atoms with Crippen LogP contribution in [-0.4, -0.2) is 134 Å². The number of likely N-dealkylation sites (N-methyl/N-ethyl adjacent to an activating group) is 1. The lowest BCUT2D eigenvalue weighted by molar-refractivity contribution is -0.142. The predicted octanol–water partition coefficient (Wildman–Crippen LogP) is 1.67. The minimum absolute atomic E-state index is 0.0998. The number of carbonyl (C=O) groups is 2. The minimum Gasteiger partial charge on any atom is -0.468 e. The fourth-order valence-electron chi connectivity index (χ4n) is 6.16. The van der Waals surface area contributed by atoms with Crippen molar-refractivity contribution in [3.63, 3.8) is 0 Å². The van der Waals surface area contributed by atoms with Crippen LogP contribution in [0.15, 0.2) is 0 Å². The molecule has 4 fully saturated rings. The van der Waals surface area contributed by atoms with E-state index in [4.69, 9.17) is 9.47 Å². The number of hydrogen-bond acceptors (Lipinski definition) is 8. The van der Waals surface area contributed by atoms with Crippen molar-refractivity contribution >= 4 is 12.1 Å². The fraction of sp³-hybridized carbons (Fsp3) is 0.920. The third-order valence-corrected chi connectivity index (χ3v) is 8.41. The second kappa shape index (κ2) is 12.5. The number of carbonyl (C=O) groups excluding carboxylic acids is 2. The summed E-state index contributed by atoms with van der Waals surface area (Å²) in [4.78, 5) is 35.4. The Morgan fingerprint density at radius 3 is 2.24 bits per heavy atom. The number of hydrogen-bond donors (Lipinski definition) is 0. The summed E-state index contributed by atoms with van der Waals surface area (Å²) in [5.74, 6) is -0.200. The quantitative estimate of drug-likeness (QED) is 0.366. The topological polar surface area (TPSA) is 68.8 Å². The summed E-state index contributed by atoms with van der Waals surface area (Å²) in [6.07, 6.45) is 9.90. The SMILES string of the molecule is COC(=O)CN1CCN(C2OC(=O)N(C)C2CCCCN2CCN(C3CCCCC3)CC2)CC1. The van der Waals surface area contributed by atoms with Crippen LogP contribution in [0.4, 0.5) is 4.79 Å². The zero-order valence-electron chi connectivity index (χ0n) is 21.3. The summed E-state index contributed by atoms with van der Waals surface area (Å²) in [7, 11) is 3.29. The molecule has 0 radical (unpaired) electrons. The van der Waals surface area contributed by atoms with Crippen LogP contribution in [0, 0.1) is 0 Å². The molecule has 0 aromatic rings. The molecule has 4 aliphatic rings. The maximum atomic E-state index is 12.3. The lowest BCUT2D eigenvalue weighted by Gasteiger charge is -2.41. The van der Waals surface area contributed by atoms with Gasteiger partial charge in [0, 0.05) is 65.4 Å². The molecule has 1 amide bonds. The molecule has 9 heteroatoms. The van der Waals surface area contributed by atoms with Crippen molar-refractivity contribution in [3.05, 3.63) is 0 Å². The van der Waals surface area contributed by atoms with Gasteiger partial charge in [0.1, 0.15) is 0 Å². The van der Waals surface area contributed by atoms with Gasteiger partial charge in [-0.2, -0.15) is 0 Å². The molecule has 3 saturated heterocycles. The summed E-state index contributed by atoms with van der Waals surface area (Å²) < 4.78 is 10.5. The second-order valence-corrected chi connectivity index (χ2v) is 10.5. The van der Waals surface area contributed by atoms with E-state index < -0.39 is 0 Å². The summed E-state index contributed by atoms with van der Waals surface area (Å²) in [5, 5.41) is 0. The third kappa shape index (κ3) is 6.62. The molecule has 4 rings (SSSR count). The number of methoxy groups -OCH3 is 1. The molecule has 1 saturated carbocycles. The molecule has 3 heterocycles. The molecular formula is C25H45N5O4. The molecular weight excluding hydrogens is 434 g/mol. The highest BCUT2D eigenvalue weighted by molar-refractivity contribution is 5.71. The smallest absolute Gasteiger partial charge is 0.411 e. The van der Waals surface area contributed by atoms with Crippen molar-refractivity contribution in [1.82, 2.24) is 24.5 Å². The maximum Gasteiger partial charge on any atom is 0.411 e. The number of rotatable bonds is 9. The van der Waals surface area contributed by atoms with Crippen LogP contribution in [0.1, 0.15) is 51.4 Å². The highest BCUT2D eigenvalue weighted by atomic mass is 16.6. The van der Waals surface area contributed by atoms with E-state index in [0.717, 1.165) is 51.6 Å². The zero-order valence-corrected chi connectivity index (χ0v) is 21.3. The first-order valence-corrected chi connectivity index (χ1v) is 13.5. The van der Waals surface area contributed by atoms with Crippen LogP contribution in [0.3, 0.4) is 0 Å². The van der Waals surface area contributed by atoms with E-state index in [1.807, 2.05) is 7.05 Å². The Balaban J connectivity index is 1.16. The molecule has 2 atom stereocenters. The summed E-state index contributed by atoms with van der Waals surface area (Å²) in [6.45, 7) is 9.48. The van der Waals surface area contributed by atoms with E-state index in [1.165, 1.54) is 71.8 Å². The highest BCUT2D eigenvalue weighted by Gasteiger charge is 2.43. The van der Waals surface area contributed by atoms with Crippen molar-refractivity contribution in [2.75, 3.05) is 79.6 Å². The Labute approximate surface area is 205 Å². The van der Waals surface area contributed by atoms with Crippen LogP contribution in [0.25, 0.3) is 0 Å². The first-order chi connectivity index (χ1) is 16.5. The van der Waals surface area contributed by atoms with Gasteiger partial charge in [0.15, 0.2) is 6.23 Å². The first-order valence-electron chi connectivity index (χ1n) is 13.5. The second-order valence-electron chi connectivity index (χ2n) is 10.5. The lowest BCUT2D eigenvalue weighted by atomic mass is 9.94. The first kappa shape index (κ1) is 25.7. The third-order valence-electron chi connectivity index (χ3n) is 8.41. The lowest BCUT2D eigenvalue weighted by Crippen LogP contribution is -2.54. The molecule has 0 bridgehead atoms. The average Bonchev–Trinajstić information content (AvgIpc) is 3.16. The highest BCUT2D eigenvalue weighted by Crippen LogP contribution is 2.27. The van der Waals surface area contributed by atoms with Crippen LogP contribution in [-0.2, 0) is 14.3 Å². The number of cyclic esters (lactones) is 1. The van der Waals surface area contributed by atoms with E-state index in [0.29, 0.717) is 6.54 Å². The van der Waals surface area contributed by atoms with Gasteiger partial charge in [0.05, 0.1) is 19.7 Å². The molecule has 0 spiro atoms. The van der Waals surface area contributed by atoms with Gasteiger partial charge in [-0.3, -0.25) is 19.5 Å². The monoisotopic (exact) mass is 479 g/mol. The number of amides is 1. The molecule has 9 nitrogen and oxygen atoms in total. The Kier molecular flexibility index (Phi) is 9.45. The van der Waals surface area contributed by atoms with Crippen molar-refractivity contribution in [2.24, 2.45) is 0 Å².